The van der Waals surface area contributed by atoms with Crippen molar-refractivity contribution < 1.29 is 23.1 Å². The van der Waals surface area contributed by atoms with Crippen LogP contribution in [0.4, 0.5) is 4.79 Å². The molecule has 1 fully saturated rings. The lowest BCUT2D eigenvalue weighted by Gasteiger charge is -2.26. The maximum absolute atomic E-state index is 12.6. The van der Waals surface area contributed by atoms with E-state index in [1.807, 2.05) is 31.2 Å². The van der Waals surface area contributed by atoms with Gasteiger partial charge in [-0.15, -0.1) is 0 Å². The summed E-state index contributed by atoms with van der Waals surface area (Å²) in [6, 6.07) is 6.66. The number of amides is 2. The Labute approximate surface area is 148 Å². The fourth-order valence-corrected chi connectivity index (χ4v) is 4.52. The highest BCUT2D eigenvalue weighted by Crippen LogP contribution is 2.20. The minimum absolute atomic E-state index is 0.0310. The van der Waals surface area contributed by atoms with E-state index in [2.05, 4.69) is 5.32 Å². The molecule has 2 unspecified atom stereocenters. The van der Waals surface area contributed by atoms with Gasteiger partial charge in [0.05, 0.1) is 30.8 Å². The summed E-state index contributed by atoms with van der Waals surface area (Å²) in [5, 5.41) is 12.5. The van der Waals surface area contributed by atoms with Crippen molar-refractivity contribution in [3.05, 3.63) is 29.8 Å². The minimum atomic E-state index is -3.07. The number of urea groups is 1. The van der Waals surface area contributed by atoms with Crippen LogP contribution in [0.1, 0.15) is 25.8 Å². The van der Waals surface area contributed by atoms with Crippen LogP contribution in [0.15, 0.2) is 24.3 Å². The molecule has 0 spiro atoms. The van der Waals surface area contributed by atoms with Crippen molar-refractivity contribution >= 4 is 15.9 Å². The van der Waals surface area contributed by atoms with Crippen LogP contribution >= 0.6 is 0 Å². The molecular weight excluding hydrogens is 344 g/mol. The van der Waals surface area contributed by atoms with E-state index in [0.717, 1.165) is 5.56 Å². The number of rotatable bonds is 7. The Kier molecular flexibility index (Phi) is 6.66. The number of ether oxygens (including phenoxy) is 1. The Morgan fingerprint density at radius 1 is 1.44 bits per heavy atom. The topological polar surface area (TPSA) is 95.9 Å². The van der Waals surface area contributed by atoms with Crippen LogP contribution in [-0.2, 0) is 16.4 Å². The van der Waals surface area contributed by atoms with Gasteiger partial charge in [0.1, 0.15) is 5.75 Å². The summed E-state index contributed by atoms with van der Waals surface area (Å²) in [5.41, 5.74) is 0.833. The molecule has 1 aromatic carbocycles. The van der Waals surface area contributed by atoms with Crippen molar-refractivity contribution in [3.8, 4) is 5.75 Å². The third-order valence-corrected chi connectivity index (χ3v) is 5.73. The van der Waals surface area contributed by atoms with Gasteiger partial charge in [0.25, 0.3) is 0 Å². The molecule has 7 nitrogen and oxygen atoms in total. The third-order valence-electron chi connectivity index (χ3n) is 3.97. The number of nitrogens with one attached hydrogen (secondary N) is 1. The summed E-state index contributed by atoms with van der Waals surface area (Å²) in [4.78, 5) is 14.1. The number of carbonyl (C=O) groups is 1. The fourth-order valence-electron chi connectivity index (χ4n) is 2.85. The van der Waals surface area contributed by atoms with Crippen molar-refractivity contribution in [1.29, 1.82) is 0 Å². The van der Waals surface area contributed by atoms with Crippen LogP contribution < -0.4 is 10.1 Å². The molecule has 2 rings (SSSR count). The summed E-state index contributed by atoms with van der Waals surface area (Å²) < 4.78 is 28.7. The van der Waals surface area contributed by atoms with E-state index in [1.54, 1.807) is 6.92 Å². The van der Waals surface area contributed by atoms with Gasteiger partial charge in [-0.1, -0.05) is 18.2 Å². The lowest BCUT2D eigenvalue weighted by Crippen LogP contribution is -2.47. The van der Waals surface area contributed by atoms with Gasteiger partial charge in [-0.3, -0.25) is 0 Å². The molecule has 140 valence electrons. The van der Waals surface area contributed by atoms with E-state index in [-0.39, 0.29) is 36.7 Å². The summed E-state index contributed by atoms with van der Waals surface area (Å²) >= 11 is 0. The molecule has 25 heavy (non-hydrogen) atoms. The van der Waals surface area contributed by atoms with Gasteiger partial charge >= 0.3 is 6.03 Å². The second-order valence-electron chi connectivity index (χ2n) is 6.32. The van der Waals surface area contributed by atoms with Crippen LogP contribution in [0.2, 0.25) is 0 Å². The van der Waals surface area contributed by atoms with Crippen molar-refractivity contribution in [2.75, 3.05) is 24.7 Å². The Bertz CT molecular complexity index is 690. The molecule has 8 heteroatoms. The molecule has 0 saturated carbocycles. The molecule has 1 aliphatic rings. The highest BCUT2D eigenvalue weighted by Gasteiger charge is 2.30. The van der Waals surface area contributed by atoms with E-state index >= 15 is 0 Å². The quantitative estimate of drug-likeness (QED) is 0.751. The summed E-state index contributed by atoms with van der Waals surface area (Å²) in [6.07, 6.45) is -0.274. The molecule has 0 radical (unpaired) electrons. The van der Waals surface area contributed by atoms with Gasteiger partial charge in [-0.2, -0.15) is 0 Å². The van der Waals surface area contributed by atoms with Crippen molar-refractivity contribution in [1.82, 2.24) is 10.2 Å². The largest absolute Gasteiger partial charge is 0.494 e. The van der Waals surface area contributed by atoms with E-state index < -0.39 is 15.9 Å². The maximum atomic E-state index is 12.6. The maximum Gasteiger partial charge on any atom is 0.318 e. The molecule has 0 aromatic heterocycles. The lowest BCUT2D eigenvalue weighted by atomic mass is 10.2. The van der Waals surface area contributed by atoms with Crippen molar-refractivity contribution in [3.63, 3.8) is 0 Å². The number of hydrogen-bond acceptors (Lipinski definition) is 5. The van der Waals surface area contributed by atoms with Crippen LogP contribution in [0, 0.1) is 0 Å². The summed E-state index contributed by atoms with van der Waals surface area (Å²) in [5.74, 6) is 0.759. The first-order valence-corrected chi connectivity index (χ1v) is 10.3. The first kappa shape index (κ1) is 19.5. The number of benzene rings is 1. The molecule has 1 saturated heterocycles. The van der Waals surface area contributed by atoms with Gasteiger partial charge in [0, 0.05) is 18.2 Å². The molecule has 1 aromatic rings. The average Bonchev–Trinajstić information content (AvgIpc) is 2.87. The Hall–Kier alpha value is -1.80. The molecule has 0 bridgehead atoms. The van der Waals surface area contributed by atoms with Crippen LogP contribution in [0.3, 0.4) is 0 Å². The van der Waals surface area contributed by atoms with Crippen molar-refractivity contribution in [2.45, 2.75) is 39.0 Å². The standard InChI is InChI=1S/C17H26N2O5S/c1-3-24-16-7-5-4-6-14(16)11-19(10-13(2)20)17(21)18-15-8-9-25(22,23)12-15/h4-7,13,15,20H,3,8-12H2,1-2H3,(H,18,21). The monoisotopic (exact) mass is 370 g/mol. The number of sulfone groups is 1. The zero-order valence-electron chi connectivity index (χ0n) is 14.6. The predicted octanol–water partition coefficient (Wildman–Crippen LogP) is 1.16. The van der Waals surface area contributed by atoms with E-state index in [1.165, 1.54) is 4.90 Å². The number of nitrogens with zero attached hydrogens (tertiary/aromatic N) is 1. The summed E-state index contributed by atoms with van der Waals surface area (Å²) in [6.45, 7) is 4.42. The number of aliphatic hydroxyl groups excluding tert-OH is 1. The fraction of sp³-hybridized carbons (Fsp3) is 0.588. The van der Waals surface area contributed by atoms with Crippen LogP contribution in [0.5, 0.6) is 5.75 Å². The van der Waals surface area contributed by atoms with Gasteiger partial charge in [0.15, 0.2) is 9.84 Å². The van der Waals surface area contributed by atoms with E-state index in [9.17, 15) is 18.3 Å². The Morgan fingerprint density at radius 3 is 2.76 bits per heavy atom. The predicted molar refractivity (Wildman–Crippen MR) is 95.3 cm³/mol. The number of aliphatic hydroxyl groups is 1. The first-order chi connectivity index (χ1) is 11.8. The van der Waals surface area contributed by atoms with Crippen LogP contribution in [0.25, 0.3) is 0 Å². The third kappa shape index (κ3) is 5.89. The normalized spacial score (nSPS) is 20.0. The first-order valence-electron chi connectivity index (χ1n) is 8.45. The van der Waals surface area contributed by atoms with Gasteiger partial charge in [-0.25, -0.2) is 13.2 Å². The number of hydrogen-bond donors (Lipinski definition) is 2. The molecule has 1 aliphatic heterocycles. The van der Waals surface area contributed by atoms with E-state index in [0.29, 0.717) is 18.8 Å². The molecule has 1 heterocycles. The van der Waals surface area contributed by atoms with E-state index in [4.69, 9.17) is 4.74 Å². The minimum Gasteiger partial charge on any atom is -0.494 e. The molecule has 2 amide bonds. The molecule has 0 aliphatic carbocycles. The number of para-hydroxylation sites is 1. The van der Waals surface area contributed by atoms with Gasteiger partial charge < -0.3 is 20.1 Å². The highest BCUT2D eigenvalue weighted by atomic mass is 32.2. The average molecular weight is 370 g/mol. The Morgan fingerprint density at radius 2 is 2.16 bits per heavy atom. The lowest BCUT2D eigenvalue weighted by molar-refractivity contribution is 0.128. The zero-order valence-corrected chi connectivity index (χ0v) is 15.5. The Balaban J connectivity index is 2.09. The highest BCUT2D eigenvalue weighted by molar-refractivity contribution is 7.91. The second-order valence-corrected chi connectivity index (χ2v) is 8.55. The molecule has 2 atom stereocenters. The molecular formula is C17H26N2O5S. The second kappa shape index (κ2) is 8.53. The van der Waals surface area contributed by atoms with Crippen LogP contribution in [-0.4, -0.2) is 61.3 Å². The SMILES string of the molecule is CCOc1ccccc1CN(CC(C)O)C(=O)NC1CCS(=O)(=O)C1. The number of carbonyl (C=O) groups excluding carboxylic acids is 1. The van der Waals surface area contributed by atoms with Gasteiger partial charge in [-0.05, 0) is 26.3 Å². The summed E-state index contributed by atoms with van der Waals surface area (Å²) in [7, 11) is -3.07. The van der Waals surface area contributed by atoms with Crippen molar-refractivity contribution in [2.24, 2.45) is 0 Å². The molecule has 2 N–H and O–H groups in total. The van der Waals surface area contributed by atoms with Gasteiger partial charge in [0.2, 0.25) is 0 Å². The zero-order chi connectivity index (χ0) is 18.4. The smallest absolute Gasteiger partial charge is 0.318 e.